The zero-order valence-electron chi connectivity index (χ0n) is 9.66. The van der Waals surface area contributed by atoms with Gasteiger partial charge in [-0.2, -0.15) is 0 Å². The summed E-state index contributed by atoms with van der Waals surface area (Å²) in [7, 11) is 0. The van der Waals surface area contributed by atoms with Crippen LogP contribution in [0.5, 0.6) is 0 Å². The number of carbonyl (C=O) groups excluding carboxylic acids is 2. The van der Waals surface area contributed by atoms with Crippen molar-refractivity contribution in [2.24, 2.45) is 0 Å². The quantitative estimate of drug-likeness (QED) is 0.777. The molecule has 4 nitrogen and oxygen atoms in total. The van der Waals surface area contributed by atoms with Gasteiger partial charge in [-0.3, -0.25) is 0 Å². The van der Waals surface area contributed by atoms with Crippen molar-refractivity contribution < 1.29 is 19.1 Å². The van der Waals surface area contributed by atoms with E-state index in [0.717, 1.165) is 0 Å². The van der Waals surface area contributed by atoms with Crippen LogP contribution in [0.4, 0.5) is 0 Å². The molecule has 0 atom stereocenters. The molecule has 5 heteroatoms. The van der Waals surface area contributed by atoms with Crippen LogP contribution in [0.3, 0.4) is 0 Å². The second-order valence-corrected chi connectivity index (χ2v) is 3.54. The summed E-state index contributed by atoms with van der Waals surface area (Å²) in [5.74, 6) is -0.974. The smallest absolute Gasteiger partial charge is 0.339 e. The molecule has 0 heterocycles. The molecule has 1 rings (SSSR count). The van der Waals surface area contributed by atoms with Crippen molar-refractivity contribution in [3.8, 4) is 0 Å². The van der Waals surface area contributed by atoms with Crippen molar-refractivity contribution in [2.75, 3.05) is 13.2 Å². The monoisotopic (exact) mass is 256 g/mol. The van der Waals surface area contributed by atoms with Gasteiger partial charge < -0.3 is 9.47 Å². The zero-order valence-corrected chi connectivity index (χ0v) is 10.4. The minimum Gasteiger partial charge on any atom is -0.462 e. The van der Waals surface area contributed by atoms with Gasteiger partial charge in [0, 0.05) is 0 Å². The molecule has 92 valence electrons. The van der Waals surface area contributed by atoms with Crippen LogP contribution >= 0.6 is 11.6 Å². The first-order valence-corrected chi connectivity index (χ1v) is 5.61. The molecular formula is C12H13ClO4. The molecule has 0 unspecified atom stereocenters. The summed E-state index contributed by atoms with van der Waals surface area (Å²) in [5, 5.41) is 0.175. The first-order chi connectivity index (χ1) is 8.10. The second-order valence-electron chi connectivity index (χ2n) is 3.14. The number of carbonyl (C=O) groups is 2. The molecule has 0 aliphatic rings. The van der Waals surface area contributed by atoms with Crippen molar-refractivity contribution in [3.63, 3.8) is 0 Å². The highest BCUT2D eigenvalue weighted by Crippen LogP contribution is 2.19. The molecule has 0 saturated heterocycles. The van der Waals surface area contributed by atoms with E-state index in [2.05, 4.69) is 0 Å². The third-order valence-electron chi connectivity index (χ3n) is 1.98. The molecule has 0 bridgehead atoms. The van der Waals surface area contributed by atoms with Crippen LogP contribution < -0.4 is 0 Å². The Morgan fingerprint density at radius 1 is 1.12 bits per heavy atom. The lowest BCUT2D eigenvalue weighted by Gasteiger charge is -2.06. The van der Waals surface area contributed by atoms with E-state index in [1.165, 1.54) is 18.2 Å². The third kappa shape index (κ3) is 3.46. The topological polar surface area (TPSA) is 52.6 Å². The number of benzene rings is 1. The van der Waals surface area contributed by atoms with E-state index in [1.54, 1.807) is 13.8 Å². The van der Waals surface area contributed by atoms with Crippen molar-refractivity contribution in [3.05, 3.63) is 34.3 Å². The van der Waals surface area contributed by atoms with Gasteiger partial charge in [-0.05, 0) is 32.0 Å². The van der Waals surface area contributed by atoms with Crippen LogP contribution in [-0.4, -0.2) is 25.2 Å². The molecule has 17 heavy (non-hydrogen) atoms. The van der Waals surface area contributed by atoms with Crippen LogP contribution in [0.15, 0.2) is 18.2 Å². The summed E-state index contributed by atoms with van der Waals surface area (Å²) in [6, 6.07) is 4.33. The lowest BCUT2D eigenvalue weighted by Crippen LogP contribution is -2.08. The number of ether oxygens (including phenoxy) is 2. The SMILES string of the molecule is CCOC(=O)c1ccc(C(=O)OCC)c(Cl)c1. The Morgan fingerprint density at radius 2 is 1.71 bits per heavy atom. The van der Waals surface area contributed by atoms with Gasteiger partial charge in [-0.1, -0.05) is 11.6 Å². The fourth-order valence-corrected chi connectivity index (χ4v) is 1.49. The van der Waals surface area contributed by atoms with E-state index < -0.39 is 11.9 Å². The molecular weight excluding hydrogens is 244 g/mol. The summed E-state index contributed by atoms with van der Waals surface area (Å²) in [6.07, 6.45) is 0. The van der Waals surface area contributed by atoms with Crippen LogP contribution in [0.1, 0.15) is 34.6 Å². The zero-order chi connectivity index (χ0) is 12.8. The Kier molecular flexibility index (Phi) is 4.97. The van der Waals surface area contributed by atoms with E-state index in [1.807, 2.05) is 0 Å². The standard InChI is InChI=1S/C12H13ClO4/c1-3-16-11(14)8-5-6-9(10(13)7-8)12(15)17-4-2/h5-7H,3-4H2,1-2H3. The fraction of sp³-hybridized carbons (Fsp3) is 0.333. The lowest BCUT2D eigenvalue weighted by atomic mass is 10.1. The number of halogens is 1. The van der Waals surface area contributed by atoms with Crippen molar-refractivity contribution in [2.45, 2.75) is 13.8 Å². The largest absolute Gasteiger partial charge is 0.462 e. The molecule has 1 aromatic rings. The average molecular weight is 257 g/mol. The van der Waals surface area contributed by atoms with Gasteiger partial charge in [0.15, 0.2) is 0 Å². The van der Waals surface area contributed by atoms with Gasteiger partial charge in [0.2, 0.25) is 0 Å². The molecule has 1 aromatic carbocycles. The van der Waals surface area contributed by atoms with E-state index in [9.17, 15) is 9.59 Å². The Hall–Kier alpha value is -1.55. The Morgan fingerprint density at radius 3 is 2.24 bits per heavy atom. The minimum atomic E-state index is -0.507. The van der Waals surface area contributed by atoms with Crippen LogP contribution in [0.2, 0.25) is 5.02 Å². The highest BCUT2D eigenvalue weighted by atomic mass is 35.5. The summed E-state index contributed by atoms with van der Waals surface area (Å²) in [6.45, 7) is 3.98. The fourth-order valence-electron chi connectivity index (χ4n) is 1.23. The molecule has 0 N–H and O–H groups in total. The maximum Gasteiger partial charge on any atom is 0.339 e. The second kappa shape index (κ2) is 6.25. The van der Waals surface area contributed by atoms with E-state index >= 15 is 0 Å². The van der Waals surface area contributed by atoms with Gasteiger partial charge in [0.25, 0.3) is 0 Å². The normalized spacial score (nSPS) is 9.82. The highest BCUT2D eigenvalue weighted by molar-refractivity contribution is 6.33. The number of esters is 2. The maximum absolute atomic E-state index is 11.4. The minimum absolute atomic E-state index is 0.175. The van der Waals surface area contributed by atoms with Crippen LogP contribution in [0, 0.1) is 0 Å². The lowest BCUT2D eigenvalue weighted by molar-refractivity contribution is 0.0511. The van der Waals surface area contributed by atoms with E-state index in [0.29, 0.717) is 5.56 Å². The molecule has 0 amide bonds. The molecule has 0 aromatic heterocycles. The highest BCUT2D eigenvalue weighted by Gasteiger charge is 2.14. The van der Waals surface area contributed by atoms with Gasteiger partial charge in [-0.15, -0.1) is 0 Å². The number of hydrogen-bond acceptors (Lipinski definition) is 4. The molecule has 0 aliphatic heterocycles. The van der Waals surface area contributed by atoms with E-state index in [4.69, 9.17) is 21.1 Å². The van der Waals surface area contributed by atoms with Gasteiger partial charge in [0.05, 0.1) is 29.4 Å². The average Bonchev–Trinajstić information content (AvgIpc) is 2.29. The third-order valence-corrected chi connectivity index (χ3v) is 2.29. The maximum atomic E-state index is 11.4. The summed E-state index contributed by atoms with van der Waals surface area (Å²) in [5.41, 5.74) is 0.548. The summed E-state index contributed by atoms with van der Waals surface area (Å²) in [4.78, 5) is 22.9. The molecule has 0 spiro atoms. The molecule has 0 fully saturated rings. The molecule has 0 radical (unpaired) electrons. The molecule has 0 saturated carbocycles. The first-order valence-electron chi connectivity index (χ1n) is 5.24. The Bertz CT molecular complexity index is 429. The number of hydrogen-bond donors (Lipinski definition) is 0. The predicted octanol–water partition coefficient (Wildman–Crippen LogP) is 2.69. The Labute approximate surface area is 104 Å². The van der Waals surface area contributed by atoms with Gasteiger partial charge in [0.1, 0.15) is 0 Å². The number of rotatable bonds is 4. The van der Waals surface area contributed by atoms with Crippen LogP contribution in [0.25, 0.3) is 0 Å². The van der Waals surface area contributed by atoms with Crippen LogP contribution in [-0.2, 0) is 9.47 Å². The van der Waals surface area contributed by atoms with Crippen molar-refractivity contribution in [1.82, 2.24) is 0 Å². The Balaban J connectivity index is 2.93. The van der Waals surface area contributed by atoms with Gasteiger partial charge >= 0.3 is 11.9 Å². The van der Waals surface area contributed by atoms with Crippen molar-refractivity contribution >= 4 is 23.5 Å². The first kappa shape index (κ1) is 13.5. The summed E-state index contributed by atoms with van der Waals surface area (Å²) >= 11 is 5.90. The summed E-state index contributed by atoms with van der Waals surface area (Å²) < 4.78 is 9.63. The predicted molar refractivity (Wildman–Crippen MR) is 63.4 cm³/mol. The molecule has 0 aliphatic carbocycles. The van der Waals surface area contributed by atoms with E-state index in [-0.39, 0.29) is 23.8 Å². The van der Waals surface area contributed by atoms with Gasteiger partial charge in [-0.25, -0.2) is 9.59 Å². The van der Waals surface area contributed by atoms with Crippen molar-refractivity contribution in [1.29, 1.82) is 0 Å².